The lowest BCUT2D eigenvalue weighted by molar-refractivity contribution is -0.143. The summed E-state index contributed by atoms with van der Waals surface area (Å²) in [5.41, 5.74) is 12.9. The monoisotopic (exact) mass is 1580 g/mol. The number of carbonyl (C=O) groups is 15. The average molecular weight is 1590 g/mol. The minimum absolute atomic E-state index is 0.0146. The Bertz CT molecular complexity index is 3700. The van der Waals surface area contributed by atoms with E-state index >= 15 is 0 Å². The Balaban J connectivity index is 1.19. The highest BCUT2D eigenvalue weighted by Gasteiger charge is 2.40. The molecule has 13 amide bonds. The molecule has 0 spiro atoms. The Kier molecular flexibility index (Phi) is 41.4. The largest absolute Gasteiger partial charge is 0.480 e. The first-order valence-corrected chi connectivity index (χ1v) is 39.1. The van der Waals surface area contributed by atoms with E-state index in [4.69, 9.17) is 11.5 Å². The Morgan fingerprint density at radius 2 is 0.973 bits per heavy atom. The van der Waals surface area contributed by atoms with Crippen LogP contribution in [0.25, 0.3) is 10.9 Å². The van der Waals surface area contributed by atoms with Gasteiger partial charge in [0.15, 0.2) is 0 Å². The number of primary amides is 2. The van der Waals surface area contributed by atoms with E-state index in [-0.39, 0.29) is 69.1 Å². The molecule has 0 saturated carbocycles. The van der Waals surface area contributed by atoms with Crippen LogP contribution in [0.5, 0.6) is 0 Å². The highest BCUT2D eigenvalue weighted by atomic mass is 16.4. The molecule has 1 saturated heterocycles. The molecule has 1 aliphatic heterocycles. The van der Waals surface area contributed by atoms with Crippen molar-refractivity contribution in [2.45, 2.75) is 275 Å². The van der Waals surface area contributed by atoms with Crippen molar-refractivity contribution >= 4 is 99.6 Å². The number of aromatic amines is 1. The first kappa shape index (κ1) is 95.0. The standard InChI is InChI=1S/C79H120N14O20/c1-9-47(6)66(75(107)92-68(49(8)96)77(109)87-56(39-46(4)5)71(103)89-59(79(112)113)41-51-43-82-53-31-26-25-30-52(51)53)90-69(101)54(35-36-62(80)97)84-74(106)61-32-27-37-93(61)65(100)34-24-19-17-15-13-11-10-12-14-16-18-23-33-64(99)83-60(44-94)73(105)91-67(48(7)95)76(108)86-55(38-45(2)3)70(102)85-57(42-63(81)98)72(104)88-58(78(110)111)40-50-28-21-20-22-29-50/h10-11,20-22,25-26,28-31,43,45-49,54-61,66-68,82,94-96H,9,12-19,23-24,27,32-42,44H2,1-8H3,(H2,80,97)(H2,81,98)(H,83,99)(H,84,106)(H,85,102)(H,86,108)(H,87,109)(H,88,104)(H,89,103)(H,90,101)(H,91,105)(H,92,107)(H,110,111)(H,112,113)/b11-10-/t47-,48-,49+,54-,55+,56-,57+,58+,59-,60+,61-,66-,67+,68-/m0/s1. The molecule has 1 aromatic heterocycles. The van der Waals surface area contributed by atoms with E-state index in [1.165, 1.54) is 18.7 Å². The normalized spacial score (nSPS) is 16.3. The Morgan fingerprint density at radius 1 is 0.504 bits per heavy atom. The number of fused-ring (bicyclic) bond motifs is 1. The second-order valence-corrected chi connectivity index (χ2v) is 30.0. The Labute approximate surface area is 659 Å². The van der Waals surface area contributed by atoms with Crippen LogP contribution < -0.4 is 64.6 Å². The Morgan fingerprint density at radius 3 is 1.50 bits per heavy atom. The molecule has 0 radical (unpaired) electrons. The molecule has 0 unspecified atom stereocenters. The minimum Gasteiger partial charge on any atom is -0.480 e. The molecule has 113 heavy (non-hydrogen) atoms. The summed E-state index contributed by atoms with van der Waals surface area (Å²) in [6.07, 6.45) is 9.84. The van der Waals surface area contributed by atoms with Crippen molar-refractivity contribution in [2.24, 2.45) is 29.2 Å². The van der Waals surface area contributed by atoms with Crippen molar-refractivity contribution in [3.8, 4) is 0 Å². The summed E-state index contributed by atoms with van der Waals surface area (Å²) in [5.74, 6) is -14.6. The molecule has 1 aliphatic rings. The number of unbranched alkanes of at least 4 members (excludes halogenated alkanes) is 8. The SMILES string of the molecule is CC[C@H](C)[C@H](NC(=O)[C@H](CCC(N)=O)NC(=O)[C@@H]1CCCN1C(=O)CCCCCC/C=C\CCCCCCC(=O)N[C@H](CO)C(=O)N[C@@H](C(=O)N[C@H](CC(C)C)C(=O)N[C@H](CC(N)=O)C(=O)N[C@H](Cc1ccccc1)C(=O)O)[C@H](C)O)C(=O)N[C@H](C(=O)N[C@@H](CC(C)C)C(=O)N[C@@H](Cc1c[nH]c2ccccc12)C(=O)O)[C@@H](C)O. The van der Waals surface area contributed by atoms with Crippen molar-refractivity contribution in [1.29, 1.82) is 0 Å². The number of rotatable bonds is 53. The topological polar surface area (TPSA) is 549 Å². The zero-order valence-corrected chi connectivity index (χ0v) is 66.1. The second kappa shape index (κ2) is 49.2. The Hall–Kier alpha value is -10.4. The van der Waals surface area contributed by atoms with Gasteiger partial charge in [-0.15, -0.1) is 0 Å². The number of benzene rings is 2. The van der Waals surface area contributed by atoms with Gasteiger partial charge in [0, 0.05) is 55.7 Å². The van der Waals surface area contributed by atoms with Crippen LogP contribution in [0, 0.1) is 17.8 Å². The van der Waals surface area contributed by atoms with Gasteiger partial charge in [-0.1, -0.05) is 134 Å². The number of aromatic nitrogens is 1. The molecule has 20 N–H and O–H groups in total. The molecule has 34 heteroatoms. The number of aliphatic carboxylic acids is 2. The van der Waals surface area contributed by atoms with Gasteiger partial charge in [0.25, 0.3) is 0 Å². The molecular formula is C79H120N14O20. The predicted octanol–water partition coefficient (Wildman–Crippen LogP) is 1.23. The number of nitrogens with two attached hydrogens (primary N) is 2. The quantitative estimate of drug-likeness (QED) is 0.0279. The van der Waals surface area contributed by atoms with Gasteiger partial charge in [0.1, 0.15) is 66.5 Å². The van der Waals surface area contributed by atoms with E-state index in [1.54, 1.807) is 84.1 Å². The number of amides is 13. The van der Waals surface area contributed by atoms with E-state index in [0.29, 0.717) is 56.2 Å². The van der Waals surface area contributed by atoms with Crippen molar-refractivity contribution in [2.75, 3.05) is 13.2 Å². The highest BCUT2D eigenvalue weighted by molar-refractivity contribution is 6.00. The van der Waals surface area contributed by atoms with Crippen LogP contribution in [-0.2, 0) is 84.8 Å². The molecule has 34 nitrogen and oxygen atoms in total. The number of carbonyl (C=O) groups excluding carboxylic acids is 13. The summed E-state index contributed by atoms with van der Waals surface area (Å²) < 4.78 is 0. The molecular weight excluding hydrogens is 1460 g/mol. The maximum Gasteiger partial charge on any atom is 0.326 e. The third-order valence-electron chi connectivity index (χ3n) is 19.5. The van der Waals surface area contributed by atoms with Crippen LogP contribution in [-0.4, -0.2) is 216 Å². The number of hydrogen-bond acceptors (Lipinski definition) is 18. The molecule has 3 aromatic rings. The van der Waals surface area contributed by atoms with Gasteiger partial charge in [-0.3, -0.25) is 62.3 Å². The number of hydrogen-bond donors (Lipinski definition) is 18. The molecule has 0 aliphatic carbocycles. The van der Waals surface area contributed by atoms with Crippen molar-refractivity contribution in [3.05, 3.63) is 84.1 Å². The number of likely N-dealkylation sites (tertiary alicyclic amines) is 1. The number of nitrogens with zero attached hydrogens (tertiary/aromatic N) is 1. The zero-order valence-electron chi connectivity index (χ0n) is 66.1. The van der Waals surface area contributed by atoms with Gasteiger partial charge in [0.2, 0.25) is 76.8 Å². The van der Waals surface area contributed by atoms with Crippen LogP contribution in [0.2, 0.25) is 0 Å². The fourth-order valence-corrected chi connectivity index (χ4v) is 13.0. The van der Waals surface area contributed by atoms with Crippen molar-refractivity contribution in [3.63, 3.8) is 0 Å². The van der Waals surface area contributed by atoms with Gasteiger partial charge < -0.3 is 100 Å². The predicted molar refractivity (Wildman–Crippen MR) is 417 cm³/mol. The third kappa shape index (κ3) is 33.5. The van der Waals surface area contributed by atoms with E-state index in [9.17, 15) is 97.5 Å². The molecule has 14 atom stereocenters. The minimum atomic E-state index is -1.71. The van der Waals surface area contributed by atoms with Gasteiger partial charge in [-0.2, -0.15) is 0 Å². The molecule has 2 heterocycles. The van der Waals surface area contributed by atoms with E-state index in [1.807, 2.05) is 18.2 Å². The number of nitrogens with one attached hydrogen (secondary N) is 11. The summed E-state index contributed by atoms with van der Waals surface area (Å²) in [4.78, 5) is 204. The lowest BCUT2D eigenvalue weighted by Crippen LogP contribution is -2.62. The maximum absolute atomic E-state index is 14.2. The number of allylic oxidation sites excluding steroid dienone is 2. The summed E-state index contributed by atoms with van der Waals surface area (Å²) >= 11 is 0. The number of H-pyrrole nitrogens is 1. The molecule has 0 bridgehead atoms. The third-order valence-corrected chi connectivity index (χ3v) is 19.5. The van der Waals surface area contributed by atoms with Gasteiger partial charge in [-0.25, -0.2) is 9.59 Å². The summed E-state index contributed by atoms with van der Waals surface area (Å²) in [6, 6.07) is -0.192. The van der Waals surface area contributed by atoms with Crippen LogP contribution in [0.1, 0.15) is 195 Å². The summed E-state index contributed by atoms with van der Waals surface area (Å²) in [5, 5.41) is 77.2. The van der Waals surface area contributed by atoms with E-state index in [2.05, 4.69) is 70.3 Å². The number of para-hydroxylation sites is 1. The van der Waals surface area contributed by atoms with Crippen LogP contribution in [0.3, 0.4) is 0 Å². The van der Waals surface area contributed by atoms with Gasteiger partial charge in [0.05, 0.1) is 25.2 Å². The van der Waals surface area contributed by atoms with Crippen molar-refractivity contribution in [1.82, 2.24) is 63.1 Å². The van der Waals surface area contributed by atoms with Crippen LogP contribution in [0.4, 0.5) is 0 Å². The molecule has 626 valence electrons. The van der Waals surface area contributed by atoms with Gasteiger partial charge >= 0.3 is 11.9 Å². The van der Waals surface area contributed by atoms with Crippen LogP contribution >= 0.6 is 0 Å². The fourth-order valence-electron chi connectivity index (χ4n) is 13.0. The lowest BCUT2D eigenvalue weighted by atomic mass is 9.96. The number of carboxylic acid groups (broad SMARTS) is 2. The summed E-state index contributed by atoms with van der Waals surface area (Å²) in [6.45, 7) is 12.3. The second-order valence-electron chi connectivity index (χ2n) is 30.0. The average Bonchev–Trinajstić information content (AvgIpc) is 1.78. The lowest BCUT2D eigenvalue weighted by Gasteiger charge is -2.30. The molecule has 2 aromatic carbocycles. The summed E-state index contributed by atoms with van der Waals surface area (Å²) in [7, 11) is 0. The molecule has 4 rings (SSSR count). The maximum atomic E-state index is 14.2. The van der Waals surface area contributed by atoms with Crippen LogP contribution in [0.15, 0.2) is 72.9 Å². The van der Waals surface area contributed by atoms with Gasteiger partial charge in [-0.05, 0) is 119 Å². The number of carboxylic acids is 2. The van der Waals surface area contributed by atoms with Crippen molar-refractivity contribution < 1.29 is 97.5 Å². The molecule has 1 fully saturated rings. The zero-order chi connectivity index (χ0) is 84.0. The number of aliphatic hydroxyl groups excluding tert-OH is 3. The fraction of sp³-hybridized carbons (Fsp3) is 0.608. The number of aliphatic hydroxyl groups is 3. The first-order chi connectivity index (χ1) is 53.5. The first-order valence-electron chi connectivity index (χ1n) is 39.1. The van der Waals surface area contributed by atoms with E-state index in [0.717, 1.165) is 55.8 Å². The van der Waals surface area contributed by atoms with E-state index < -0.39 is 180 Å². The smallest absolute Gasteiger partial charge is 0.326 e. The highest BCUT2D eigenvalue weighted by Crippen LogP contribution is 2.23.